The number of nitrogens with one attached hydrogen (secondary N) is 3. The van der Waals surface area contributed by atoms with Crippen LogP contribution in [0.5, 0.6) is 11.5 Å². The van der Waals surface area contributed by atoms with Gasteiger partial charge in [0, 0.05) is 29.9 Å². The SMILES string of the molecule is COC(=O)c1cc(CC(=O)[C@H](CCCCNCC(=O)c2ccccc2)NC(=O)c2cc(CC(=O)[C@@H](C)CCCCNCC(=O)c3ccccc3)ccc2OC)ccc1OC. The summed E-state index contributed by atoms with van der Waals surface area (Å²) >= 11 is 0. The number of hydrogen-bond acceptors (Lipinski definition) is 11. The second kappa shape index (κ2) is 24.8. The second-order valence-corrected chi connectivity index (χ2v) is 14.7. The summed E-state index contributed by atoms with van der Waals surface area (Å²) < 4.78 is 15.7. The van der Waals surface area contributed by atoms with Crippen molar-refractivity contribution in [2.45, 2.75) is 64.3 Å². The van der Waals surface area contributed by atoms with Gasteiger partial charge in [-0.2, -0.15) is 0 Å². The van der Waals surface area contributed by atoms with Gasteiger partial charge in [0.15, 0.2) is 17.3 Å². The fourth-order valence-electron chi connectivity index (χ4n) is 6.74. The molecule has 4 rings (SSSR count). The van der Waals surface area contributed by atoms with Gasteiger partial charge in [0.1, 0.15) is 22.8 Å². The highest BCUT2D eigenvalue weighted by Crippen LogP contribution is 2.24. The Morgan fingerprint density at radius 2 is 1.05 bits per heavy atom. The van der Waals surface area contributed by atoms with Crippen molar-refractivity contribution in [1.82, 2.24) is 16.0 Å². The van der Waals surface area contributed by atoms with E-state index in [1.807, 2.05) is 43.3 Å². The van der Waals surface area contributed by atoms with Crippen molar-refractivity contribution in [1.29, 1.82) is 0 Å². The molecule has 0 spiro atoms. The molecule has 0 saturated carbocycles. The first kappa shape index (κ1) is 46.7. The molecule has 0 aliphatic rings. The molecule has 4 aromatic carbocycles. The number of amides is 1. The van der Waals surface area contributed by atoms with E-state index in [4.69, 9.17) is 14.2 Å². The number of ketones is 4. The van der Waals surface area contributed by atoms with Crippen LogP contribution in [0.4, 0.5) is 0 Å². The molecule has 12 heteroatoms. The van der Waals surface area contributed by atoms with Gasteiger partial charge >= 0.3 is 5.97 Å². The van der Waals surface area contributed by atoms with Crippen LogP contribution in [0, 0.1) is 5.92 Å². The van der Waals surface area contributed by atoms with E-state index in [1.165, 1.54) is 21.3 Å². The minimum atomic E-state index is -0.895. The van der Waals surface area contributed by atoms with Crippen molar-refractivity contribution < 1.29 is 43.0 Å². The van der Waals surface area contributed by atoms with E-state index in [0.29, 0.717) is 72.5 Å². The Labute approximate surface area is 352 Å². The third-order valence-electron chi connectivity index (χ3n) is 10.3. The molecule has 2 atom stereocenters. The lowest BCUT2D eigenvalue weighted by atomic mass is 9.93. The van der Waals surface area contributed by atoms with E-state index in [9.17, 15) is 28.8 Å². The molecule has 0 unspecified atom stereocenters. The molecule has 0 aliphatic carbocycles. The molecule has 60 heavy (non-hydrogen) atoms. The van der Waals surface area contributed by atoms with E-state index >= 15 is 0 Å². The molecule has 0 radical (unpaired) electrons. The van der Waals surface area contributed by atoms with Crippen molar-refractivity contribution in [2.24, 2.45) is 5.92 Å². The first-order valence-corrected chi connectivity index (χ1v) is 20.4. The lowest BCUT2D eigenvalue weighted by Gasteiger charge is -2.20. The standard InChI is InChI=1S/C48H57N3O9/c1-33(15-11-13-25-49-31-43(54)36-16-7-5-8-17-36)41(52)29-34-21-23-45(58-2)38(27-34)47(56)51-40(20-12-14-26-50-32-44(55)37-18-9-6-10-19-37)42(53)30-35-22-24-46(59-3)39(28-35)48(57)60-4/h5-10,16-19,21-24,27-28,33,40,49-50H,11-15,20,25-26,29-32H2,1-4H3,(H,51,56)/t33-,40-/m0/s1. The zero-order valence-electron chi connectivity index (χ0n) is 35.1. The minimum Gasteiger partial charge on any atom is -0.496 e. The fraction of sp³-hybridized carbons (Fsp3) is 0.375. The predicted molar refractivity (Wildman–Crippen MR) is 230 cm³/mol. The van der Waals surface area contributed by atoms with E-state index in [-0.39, 0.29) is 66.1 Å². The maximum Gasteiger partial charge on any atom is 0.341 e. The van der Waals surface area contributed by atoms with Crippen molar-refractivity contribution >= 4 is 35.0 Å². The summed E-state index contributed by atoms with van der Waals surface area (Å²) in [5.41, 5.74) is 2.86. The number of ether oxygens (including phenoxy) is 3. The summed E-state index contributed by atoms with van der Waals surface area (Å²) in [6.45, 7) is 3.54. The highest BCUT2D eigenvalue weighted by Gasteiger charge is 2.25. The average molecular weight is 820 g/mol. The monoisotopic (exact) mass is 819 g/mol. The van der Waals surface area contributed by atoms with Crippen LogP contribution in [0.25, 0.3) is 0 Å². The number of unbranched alkanes of at least 4 members (excludes halogenated alkanes) is 2. The Morgan fingerprint density at radius 3 is 1.57 bits per heavy atom. The summed E-state index contributed by atoms with van der Waals surface area (Å²) in [4.78, 5) is 78.4. The van der Waals surface area contributed by atoms with Gasteiger partial charge < -0.3 is 30.2 Å². The number of carbonyl (C=O) groups excluding carboxylic acids is 6. The molecule has 0 aliphatic heterocycles. The molecular formula is C48H57N3O9. The van der Waals surface area contributed by atoms with Crippen LogP contribution in [0.15, 0.2) is 97.1 Å². The van der Waals surface area contributed by atoms with Crippen LogP contribution in [0.2, 0.25) is 0 Å². The average Bonchev–Trinajstić information content (AvgIpc) is 3.27. The molecule has 0 aromatic heterocycles. The van der Waals surface area contributed by atoms with Gasteiger partial charge in [-0.15, -0.1) is 0 Å². The summed E-state index contributed by atoms with van der Waals surface area (Å²) in [6, 6.07) is 27.1. The molecule has 0 fully saturated rings. The minimum absolute atomic E-state index is 0.0213. The van der Waals surface area contributed by atoms with Crippen LogP contribution in [0.1, 0.15) is 98.0 Å². The van der Waals surface area contributed by atoms with Crippen LogP contribution >= 0.6 is 0 Å². The Bertz CT molecular complexity index is 2050. The number of rotatable bonds is 27. The van der Waals surface area contributed by atoms with Gasteiger partial charge in [0.2, 0.25) is 0 Å². The molecule has 1 amide bonds. The third-order valence-corrected chi connectivity index (χ3v) is 10.3. The maximum absolute atomic E-state index is 13.9. The van der Waals surface area contributed by atoms with Gasteiger partial charge in [-0.1, -0.05) is 86.1 Å². The summed E-state index contributed by atoms with van der Waals surface area (Å²) in [5.74, 6) is -0.949. The number of benzene rings is 4. The largest absolute Gasteiger partial charge is 0.496 e. The normalized spacial score (nSPS) is 11.9. The molecule has 4 aromatic rings. The number of carbonyl (C=O) groups is 6. The lowest BCUT2D eigenvalue weighted by molar-refractivity contribution is -0.122. The Balaban J connectivity index is 1.36. The van der Waals surface area contributed by atoms with Crippen molar-refractivity contribution in [3.63, 3.8) is 0 Å². The van der Waals surface area contributed by atoms with Crippen molar-refractivity contribution in [2.75, 3.05) is 47.5 Å². The zero-order chi connectivity index (χ0) is 43.3. The zero-order valence-corrected chi connectivity index (χ0v) is 35.1. The summed E-state index contributed by atoms with van der Waals surface area (Å²) in [5, 5.41) is 9.27. The Hall–Kier alpha value is -5.98. The van der Waals surface area contributed by atoms with E-state index in [0.717, 1.165) is 12.8 Å². The van der Waals surface area contributed by atoms with E-state index < -0.39 is 17.9 Å². The molecule has 0 saturated heterocycles. The lowest BCUT2D eigenvalue weighted by Crippen LogP contribution is -2.42. The number of Topliss-reactive ketones (excluding diaryl/α,β-unsaturated/α-hetero) is 4. The number of hydrogen-bond donors (Lipinski definition) is 3. The number of esters is 1. The topological polar surface area (TPSA) is 166 Å². The first-order valence-electron chi connectivity index (χ1n) is 20.4. The summed E-state index contributed by atoms with van der Waals surface area (Å²) in [6.07, 6.45) is 3.89. The van der Waals surface area contributed by atoms with Gasteiger partial charge in [-0.25, -0.2) is 4.79 Å². The van der Waals surface area contributed by atoms with Crippen LogP contribution in [0.3, 0.4) is 0 Å². The first-order chi connectivity index (χ1) is 29.0. The third kappa shape index (κ3) is 14.7. The van der Waals surface area contributed by atoms with E-state index in [2.05, 4.69) is 16.0 Å². The Kier molecular flexibility index (Phi) is 19.3. The highest BCUT2D eigenvalue weighted by atomic mass is 16.5. The molecule has 0 heterocycles. The molecule has 0 bridgehead atoms. The summed E-state index contributed by atoms with van der Waals surface area (Å²) in [7, 11) is 4.15. The predicted octanol–water partition coefficient (Wildman–Crippen LogP) is 6.43. The maximum atomic E-state index is 13.9. The van der Waals surface area contributed by atoms with Gasteiger partial charge in [-0.3, -0.25) is 24.0 Å². The van der Waals surface area contributed by atoms with Crippen LogP contribution < -0.4 is 25.4 Å². The number of methoxy groups -OCH3 is 3. The smallest absolute Gasteiger partial charge is 0.341 e. The van der Waals surface area contributed by atoms with Gasteiger partial charge in [0.05, 0.1) is 46.0 Å². The second-order valence-electron chi connectivity index (χ2n) is 14.7. The Morgan fingerprint density at radius 1 is 0.567 bits per heavy atom. The highest BCUT2D eigenvalue weighted by molar-refractivity contribution is 6.01. The van der Waals surface area contributed by atoms with Gasteiger partial charge in [-0.05, 0) is 80.6 Å². The van der Waals surface area contributed by atoms with Crippen molar-refractivity contribution in [3.05, 3.63) is 130 Å². The van der Waals surface area contributed by atoms with Gasteiger partial charge in [0.25, 0.3) is 5.91 Å². The molecule has 318 valence electrons. The van der Waals surface area contributed by atoms with Crippen molar-refractivity contribution in [3.8, 4) is 11.5 Å². The quantitative estimate of drug-likeness (QED) is 0.0345. The molecular weight excluding hydrogens is 763 g/mol. The molecule has 3 N–H and O–H groups in total. The van der Waals surface area contributed by atoms with E-state index in [1.54, 1.807) is 60.7 Å². The van der Waals surface area contributed by atoms with Crippen LogP contribution in [-0.4, -0.2) is 88.6 Å². The van der Waals surface area contributed by atoms with Crippen LogP contribution in [-0.2, 0) is 27.2 Å². The molecule has 12 nitrogen and oxygen atoms in total. The fourth-order valence-corrected chi connectivity index (χ4v) is 6.74.